The molecule has 0 aliphatic heterocycles. The number of aromatic nitrogens is 4. The molecular weight excluding hydrogens is 440 g/mol. The van der Waals surface area contributed by atoms with Crippen LogP contribution in [0.2, 0.25) is 0 Å². The van der Waals surface area contributed by atoms with Crippen molar-refractivity contribution in [2.45, 2.75) is 17.5 Å². The topological polar surface area (TPSA) is 61.4 Å². The number of fused-ring (bicyclic) bond motifs is 3. The number of hydrogen-bond acceptors (Lipinski definition) is 6. The Bertz CT molecular complexity index is 1480. The van der Waals surface area contributed by atoms with Crippen LogP contribution in [0.25, 0.3) is 22.1 Å². The van der Waals surface area contributed by atoms with Crippen molar-refractivity contribution in [3.05, 3.63) is 93.6 Å². The summed E-state index contributed by atoms with van der Waals surface area (Å²) in [6, 6.07) is 17.9. The number of ether oxygens (including phenoxy) is 1. The maximum atomic E-state index is 13.3. The molecule has 0 spiro atoms. The summed E-state index contributed by atoms with van der Waals surface area (Å²) in [5.74, 6) is 2.01. The number of methoxy groups -OCH3 is 1. The van der Waals surface area contributed by atoms with Crippen molar-refractivity contribution < 1.29 is 4.74 Å². The summed E-state index contributed by atoms with van der Waals surface area (Å²) in [6.45, 7) is 4.15. The van der Waals surface area contributed by atoms with Crippen molar-refractivity contribution in [3.63, 3.8) is 0 Å². The Labute approximate surface area is 192 Å². The van der Waals surface area contributed by atoms with Gasteiger partial charge in [-0.3, -0.25) is 13.8 Å². The van der Waals surface area contributed by atoms with Gasteiger partial charge >= 0.3 is 0 Å². The maximum absolute atomic E-state index is 13.3. The number of rotatable bonds is 7. The largest absolute Gasteiger partial charge is 0.496 e. The van der Waals surface area contributed by atoms with E-state index in [9.17, 15) is 4.79 Å². The molecule has 8 heteroatoms. The minimum absolute atomic E-state index is 0.0719. The first-order valence-electron chi connectivity index (χ1n) is 10.0. The molecule has 5 rings (SSSR count). The molecule has 0 aliphatic carbocycles. The smallest absolute Gasteiger partial charge is 0.273 e. The van der Waals surface area contributed by atoms with E-state index in [0.29, 0.717) is 17.0 Å². The molecule has 0 N–H and O–H groups in total. The van der Waals surface area contributed by atoms with E-state index in [1.165, 1.54) is 16.9 Å². The fourth-order valence-corrected chi connectivity index (χ4v) is 5.36. The van der Waals surface area contributed by atoms with Gasteiger partial charge in [-0.2, -0.15) is 0 Å². The van der Waals surface area contributed by atoms with Crippen LogP contribution in [0.4, 0.5) is 0 Å². The Morgan fingerprint density at radius 1 is 1.12 bits per heavy atom. The molecule has 0 atom stereocenters. The molecule has 0 saturated heterocycles. The number of para-hydroxylation sites is 1. The van der Waals surface area contributed by atoms with Crippen LogP contribution in [0.3, 0.4) is 0 Å². The summed E-state index contributed by atoms with van der Waals surface area (Å²) in [4.78, 5) is 13.3. The highest BCUT2D eigenvalue weighted by Crippen LogP contribution is 2.27. The van der Waals surface area contributed by atoms with Crippen molar-refractivity contribution in [3.8, 4) is 5.75 Å². The molecule has 0 bridgehead atoms. The molecule has 0 saturated carbocycles. The first-order chi connectivity index (χ1) is 15.7. The third-order valence-electron chi connectivity index (χ3n) is 5.29. The van der Waals surface area contributed by atoms with Gasteiger partial charge in [0.15, 0.2) is 5.16 Å². The molecule has 5 aromatic rings. The molecule has 3 aromatic heterocycles. The van der Waals surface area contributed by atoms with Gasteiger partial charge in [0.2, 0.25) is 5.78 Å². The molecule has 0 radical (unpaired) electrons. The molecule has 0 unspecified atom stereocenters. The van der Waals surface area contributed by atoms with E-state index < -0.39 is 0 Å². The zero-order chi connectivity index (χ0) is 22.1. The predicted octanol–water partition coefficient (Wildman–Crippen LogP) is 5.10. The first kappa shape index (κ1) is 20.5. The van der Waals surface area contributed by atoms with Gasteiger partial charge < -0.3 is 4.74 Å². The Hall–Kier alpha value is -3.36. The summed E-state index contributed by atoms with van der Waals surface area (Å²) >= 11 is 3.03. The molecule has 32 heavy (non-hydrogen) atoms. The highest BCUT2D eigenvalue weighted by atomic mass is 32.2. The molecule has 0 amide bonds. The first-order valence-corrected chi connectivity index (χ1v) is 11.9. The van der Waals surface area contributed by atoms with Crippen molar-refractivity contribution in [2.75, 3.05) is 7.11 Å². The Morgan fingerprint density at radius 2 is 1.94 bits per heavy atom. The van der Waals surface area contributed by atoms with Crippen LogP contribution in [0.5, 0.6) is 5.75 Å². The van der Waals surface area contributed by atoms with E-state index in [0.717, 1.165) is 33.3 Å². The van der Waals surface area contributed by atoms with Crippen LogP contribution in [0, 0.1) is 0 Å². The SMILES string of the molecule is C=Cc1ccc(CSc2nnc3n(Cc4ccccc4OC)c(=O)c4sccc4n23)cc1. The van der Waals surface area contributed by atoms with Crippen LogP contribution in [0.15, 0.2) is 76.5 Å². The standard InChI is InChI=1S/C24H20N4O2S2/c1-3-16-8-10-17(11-9-16)15-32-24-26-25-23-27(14-18-6-4-5-7-20(18)30-2)22(29)21-19(28(23)24)12-13-31-21/h3-13H,1,14-15H2,2H3. The summed E-state index contributed by atoms with van der Waals surface area (Å²) in [5, 5.41) is 11.5. The summed E-state index contributed by atoms with van der Waals surface area (Å²) in [6.07, 6.45) is 1.83. The van der Waals surface area contributed by atoms with Crippen molar-refractivity contribution in [1.29, 1.82) is 0 Å². The predicted molar refractivity (Wildman–Crippen MR) is 131 cm³/mol. The second kappa shape index (κ2) is 8.64. The molecular formula is C24H20N4O2S2. The Kier molecular flexibility index (Phi) is 5.55. The average molecular weight is 461 g/mol. The third-order valence-corrected chi connectivity index (χ3v) is 7.18. The Balaban J connectivity index is 1.58. The van der Waals surface area contributed by atoms with Crippen LogP contribution in [-0.4, -0.2) is 26.3 Å². The number of hydrogen-bond donors (Lipinski definition) is 0. The van der Waals surface area contributed by atoms with Gasteiger partial charge in [0, 0.05) is 11.3 Å². The third kappa shape index (κ3) is 3.61. The van der Waals surface area contributed by atoms with E-state index in [4.69, 9.17) is 4.74 Å². The van der Waals surface area contributed by atoms with Crippen molar-refractivity contribution in [1.82, 2.24) is 19.2 Å². The number of thioether (sulfide) groups is 1. The highest BCUT2D eigenvalue weighted by Gasteiger charge is 2.19. The number of benzene rings is 2. The lowest BCUT2D eigenvalue weighted by atomic mass is 10.1. The number of nitrogens with zero attached hydrogens (tertiary/aromatic N) is 4. The van der Waals surface area contributed by atoms with Crippen LogP contribution in [-0.2, 0) is 12.3 Å². The van der Waals surface area contributed by atoms with Crippen molar-refractivity contribution in [2.24, 2.45) is 0 Å². The zero-order valence-corrected chi connectivity index (χ0v) is 19.0. The van der Waals surface area contributed by atoms with Gasteiger partial charge in [-0.1, -0.05) is 66.9 Å². The normalized spacial score (nSPS) is 11.3. The van der Waals surface area contributed by atoms with E-state index in [1.54, 1.807) is 23.4 Å². The molecule has 3 heterocycles. The van der Waals surface area contributed by atoms with Crippen molar-refractivity contribution >= 4 is 45.2 Å². The van der Waals surface area contributed by atoms with E-state index in [1.807, 2.05) is 58.3 Å². The van der Waals surface area contributed by atoms with Gasteiger partial charge in [-0.05, 0) is 28.6 Å². The van der Waals surface area contributed by atoms with Gasteiger partial charge in [-0.25, -0.2) is 0 Å². The van der Waals surface area contributed by atoms with Gasteiger partial charge in [-0.15, -0.1) is 21.5 Å². The van der Waals surface area contributed by atoms with Crippen LogP contribution < -0.4 is 10.3 Å². The highest BCUT2D eigenvalue weighted by molar-refractivity contribution is 7.98. The van der Waals surface area contributed by atoms with E-state index in [-0.39, 0.29) is 5.56 Å². The lowest BCUT2D eigenvalue weighted by Gasteiger charge is -2.12. The minimum atomic E-state index is -0.0719. The lowest BCUT2D eigenvalue weighted by molar-refractivity contribution is 0.408. The summed E-state index contributed by atoms with van der Waals surface area (Å²) in [5.41, 5.74) is 3.95. The second-order valence-corrected chi connectivity index (χ2v) is 9.05. The monoisotopic (exact) mass is 460 g/mol. The maximum Gasteiger partial charge on any atom is 0.273 e. The van der Waals surface area contributed by atoms with Crippen LogP contribution >= 0.6 is 23.1 Å². The summed E-state index contributed by atoms with van der Waals surface area (Å²) < 4.78 is 9.82. The fraction of sp³-hybridized carbons (Fsp3) is 0.125. The molecule has 2 aromatic carbocycles. The van der Waals surface area contributed by atoms with Gasteiger partial charge in [0.05, 0.1) is 19.2 Å². The fourth-order valence-electron chi connectivity index (χ4n) is 3.64. The van der Waals surface area contributed by atoms with Crippen LogP contribution in [0.1, 0.15) is 16.7 Å². The van der Waals surface area contributed by atoms with E-state index >= 15 is 0 Å². The minimum Gasteiger partial charge on any atom is -0.496 e. The average Bonchev–Trinajstić information content (AvgIpc) is 3.48. The zero-order valence-electron chi connectivity index (χ0n) is 17.4. The Morgan fingerprint density at radius 3 is 2.72 bits per heavy atom. The molecule has 0 fully saturated rings. The van der Waals surface area contributed by atoms with E-state index in [2.05, 4.69) is 28.9 Å². The molecule has 6 nitrogen and oxygen atoms in total. The van der Waals surface area contributed by atoms with Gasteiger partial charge in [0.1, 0.15) is 10.4 Å². The lowest BCUT2D eigenvalue weighted by Crippen LogP contribution is -2.23. The number of thiophene rings is 1. The summed E-state index contributed by atoms with van der Waals surface area (Å²) in [7, 11) is 1.63. The molecule has 0 aliphatic rings. The quantitative estimate of drug-likeness (QED) is 0.316. The van der Waals surface area contributed by atoms with Gasteiger partial charge in [0.25, 0.3) is 5.56 Å². The second-order valence-electron chi connectivity index (χ2n) is 7.19. The molecule has 160 valence electrons.